The average molecular weight is 254 g/mol. The third-order valence-electron chi connectivity index (χ3n) is 4.47. The van der Waals surface area contributed by atoms with Crippen molar-refractivity contribution in [1.29, 1.82) is 0 Å². The standard InChI is InChI=1S/C15H30N2O/c1-5-10(2)8-12(4)17-15(18)13-7-6-11(3)14(16)9-13/h10-14H,5-9,16H2,1-4H3,(H,17,18). The zero-order valence-electron chi connectivity index (χ0n) is 12.4. The predicted molar refractivity (Wildman–Crippen MR) is 76.2 cm³/mol. The van der Waals surface area contributed by atoms with Gasteiger partial charge in [-0.3, -0.25) is 4.79 Å². The smallest absolute Gasteiger partial charge is 0.223 e. The number of carbonyl (C=O) groups is 1. The molecule has 0 saturated heterocycles. The molecule has 106 valence electrons. The number of hydrogen-bond donors (Lipinski definition) is 2. The van der Waals surface area contributed by atoms with Crippen LogP contribution in [0.2, 0.25) is 0 Å². The van der Waals surface area contributed by atoms with Crippen LogP contribution in [-0.2, 0) is 4.79 Å². The van der Waals surface area contributed by atoms with E-state index in [1.54, 1.807) is 0 Å². The monoisotopic (exact) mass is 254 g/mol. The number of carbonyl (C=O) groups excluding carboxylic acids is 1. The Morgan fingerprint density at radius 3 is 2.61 bits per heavy atom. The molecule has 1 aliphatic carbocycles. The van der Waals surface area contributed by atoms with Crippen molar-refractivity contribution in [2.45, 2.75) is 71.9 Å². The second-order valence-corrected chi connectivity index (χ2v) is 6.31. The molecule has 3 heteroatoms. The lowest BCUT2D eigenvalue weighted by molar-refractivity contribution is -0.127. The van der Waals surface area contributed by atoms with Crippen molar-refractivity contribution in [3.63, 3.8) is 0 Å². The van der Waals surface area contributed by atoms with Crippen LogP contribution in [0.25, 0.3) is 0 Å². The Labute approximate surface area is 112 Å². The molecular weight excluding hydrogens is 224 g/mol. The van der Waals surface area contributed by atoms with Gasteiger partial charge in [0.05, 0.1) is 0 Å². The Balaban J connectivity index is 2.36. The Morgan fingerprint density at radius 1 is 1.39 bits per heavy atom. The molecule has 0 aromatic carbocycles. The fourth-order valence-corrected chi connectivity index (χ4v) is 2.78. The second kappa shape index (κ2) is 7.13. The molecule has 0 bridgehead atoms. The first-order chi connectivity index (χ1) is 8.43. The lowest BCUT2D eigenvalue weighted by atomic mass is 9.79. The summed E-state index contributed by atoms with van der Waals surface area (Å²) in [5.74, 6) is 1.59. The van der Waals surface area contributed by atoms with Gasteiger partial charge >= 0.3 is 0 Å². The van der Waals surface area contributed by atoms with E-state index in [0.717, 1.165) is 25.7 Å². The molecule has 0 radical (unpaired) electrons. The van der Waals surface area contributed by atoms with Crippen molar-refractivity contribution in [3.05, 3.63) is 0 Å². The first-order valence-electron chi connectivity index (χ1n) is 7.50. The molecule has 0 heterocycles. The van der Waals surface area contributed by atoms with Crippen molar-refractivity contribution in [2.75, 3.05) is 0 Å². The molecule has 5 atom stereocenters. The number of nitrogens with two attached hydrogens (primary N) is 1. The summed E-state index contributed by atoms with van der Waals surface area (Å²) in [6, 6.07) is 0.474. The minimum absolute atomic E-state index is 0.135. The SMILES string of the molecule is CCC(C)CC(C)NC(=O)C1CCC(C)C(N)C1. The van der Waals surface area contributed by atoms with Gasteiger partial charge in [-0.25, -0.2) is 0 Å². The predicted octanol–water partition coefficient (Wildman–Crippen LogP) is 2.69. The van der Waals surface area contributed by atoms with Crippen LogP contribution in [0.5, 0.6) is 0 Å². The molecule has 0 aliphatic heterocycles. The van der Waals surface area contributed by atoms with Gasteiger partial charge in [0.1, 0.15) is 0 Å². The molecule has 3 nitrogen and oxygen atoms in total. The summed E-state index contributed by atoms with van der Waals surface area (Å²) in [7, 11) is 0. The molecule has 1 rings (SSSR count). The molecule has 3 N–H and O–H groups in total. The van der Waals surface area contributed by atoms with Crippen molar-refractivity contribution in [2.24, 2.45) is 23.5 Å². The van der Waals surface area contributed by atoms with Gasteiger partial charge in [-0.2, -0.15) is 0 Å². The largest absolute Gasteiger partial charge is 0.353 e. The summed E-state index contributed by atoms with van der Waals surface area (Å²) in [5.41, 5.74) is 6.06. The molecule has 1 aliphatic rings. The minimum Gasteiger partial charge on any atom is -0.353 e. The normalized spacial score (nSPS) is 31.7. The molecule has 1 saturated carbocycles. The first kappa shape index (κ1) is 15.5. The zero-order chi connectivity index (χ0) is 13.7. The highest BCUT2D eigenvalue weighted by Gasteiger charge is 2.29. The fraction of sp³-hybridized carbons (Fsp3) is 0.933. The van der Waals surface area contributed by atoms with Gasteiger partial charge < -0.3 is 11.1 Å². The van der Waals surface area contributed by atoms with Gasteiger partial charge in [0.25, 0.3) is 0 Å². The van der Waals surface area contributed by atoms with Crippen LogP contribution in [-0.4, -0.2) is 18.0 Å². The zero-order valence-corrected chi connectivity index (χ0v) is 12.4. The van der Waals surface area contributed by atoms with Gasteiger partial charge in [0.2, 0.25) is 5.91 Å². The number of amides is 1. The Kier molecular flexibility index (Phi) is 6.13. The number of nitrogens with one attached hydrogen (secondary N) is 1. The highest BCUT2D eigenvalue weighted by molar-refractivity contribution is 5.79. The maximum atomic E-state index is 12.2. The van der Waals surface area contributed by atoms with E-state index in [0.29, 0.717) is 11.8 Å². The molecule has 1 amide bonds. The van der Waals surface area contributed by atoms with Crippen LogP contribution in [0.3, 0.4) is 0 Å². The average Bonchev–Trinajstić information content (AvgIpc) is 2.32. The van der Waals surface area contributed by atoms with Gasteiger partial charge in [-0.1, -0.05) is 27.2 Å². The highest BCUT2D eigenvalue weighted by atomic mass is 16.1. The maximum Gasteiger partial charge on any atom is 0.223 e. The van der Waals surface area contributed by atoms with Gasteiger partial charge in [0, 0.05) is 18.0 Å². The lowest BCUT2D eigenvalue weighted by Crippen LogP contribution is -2.44. The Bertz CT molecular complexity index is 267. The van der Waals surface area contributed by atoms with E-state index in [1.807, 2.05) is 0 Å². The van der Waals surface area contributed by atoms with Crippen LogP contribution in [0.4, 0.5) is 0 Å². The van der Waals surface area contributed by atoms with E-state index in [2.05, 4.69) is 33.0 Å². The Morgan fingerprint density at radius 2 is 2.06 bits per heavy atom. The third-order valence-corrected chi connectivity index (χ3v) is 4.47. The van der Waals surface area contributed by atoms with Crippen LogP contribution < -0.4 is 11.1 Å². The fourth-order valence-electron chi connectivity index (χ4n) is 2.78. The van der Waals surface area contributed by atoms with Gasteiger partial charge in [-0.15, -0.1) is 0 Å². The van der Waals surface area contributed by atoms with Gasteiger partial charge in [0.15, 0.2) is 0 Å². The topological polar surface area (TPSA) is 55.1 Å². The van der Waals surface area contributed by atoms with Crippen molar-refractivity contribution in [1.82, 2.24) is 5.32 Å². The minimum atomic E-state index is 0.135. The quantitative estimate of drug-likeness (QED) is 0.792. The van der Waals surface area contributed by atoms with E-state index in [-0.39, 0.29) is 23.9 Å². The molecular formula is C15H30N2O. The maximum absolute atomic E-state index is 12.2. The first-order valence-corrected chi connectivity index (χ1v) is 7.50. The van der Waals surface area contributed by atoms with Crippen LogP contribution >= 0.6 is 0 Å². The van der Waals surface area contributed by atoms with Crippen LogP contribution in [0, 0.1) is 17.8 Å². The summed E-state index contributed by atoms with van der Waals surface area (Å²) in [5, 5.41) is 3.16. The summed E-state index contributed by atoms with van der Waals surface area (Å²) in [6.07, 6.45) is 5.17. The molecule has 1 fully saturated rings. The third kappa shape index (κ3) is 4.60. The molecule has 0 aromatic heterocycles. The summed E-state index contributed by atoms with van der Waals surface area (Å²) >= 11 is 0. The lowest BCUT2D eigenvalue weighted by Gasteiger charge is -2.32. The molecule has 0 spiro atoms. The Hall–Kier alpha value is -0.570. The van der Waals surface area contributed by atoms with Gasteiger partial charge in [-0.05, 0) is 44.4 Å². The molecule has 0 aromatic rings. The number of hydrogen-bond acceptors (Lipinski definition) is 2. The van der Waals surface area contributed by atoms with Crippen molar-refractivity contribution in [3.8, 4) is 0 Å². The highest BCUT2D eigenvalue weighted by Crippen LogP contribution is 2.27. The van der Waals surface area contributed by atoms with E-state index in [9.17, 15) is 4.79 Å². The van der Waals surface area contributed by atoms with E-state index >= 15 is 0 Å². The van der Waals surface area contributed by atoms with Crippen LogP contribution in [0.1, 0.15) is 59.8 Å². The van der Waals surface area contributed by atoms with E-state index in [1.165, 1.54) is 6.42 Å². The number of rotatable bonds is 5. The van der Waals surface area contributed by atoms with Crippen LogP contribution in [0.15, 0.2) is 0 Å². The summed E-state index contributed by atoms with van der Waals surface area (Å²) in [4.78, 5) is 12.2. The van der Waals surface area contributed by atoms with E-state index in [4.69, 9.17) is 5.73 Å². The summed E-state index contributed by atoms with van der Waals surface area (Å²) in [6.45, 7) is 8.72. The van der Waals surface area contributed by atoms with Crippen molar-refractivity contribution < 1.29 is 4.79 Å². The molecule has 5 unspecified atom stereocenters. The van der Waals surface area contributed by atoms with Crippen molar-refractivity contribution >= 4 is 5.91 Å². The molecule has 18 heavy (non-hydrogen) atoms. The summed E-state index contributed by atoms with van der Waals surface area (Å²) < 4.78 is 0. The second-order valence-electron chi connectivity index (χ2n) is 6.31. The van der Waals surface area contributed by atoms with E-state index < -0.39 is 0 Å².